The van der Waals surface area contributed by atoms with E-state index in [-0.39, 0.29) is 11.9 Å². The molecule has 4 rings (SSSR count). The lowest BCUT2D eigenvalue weighted by Crippen LogP contribution is -2.35. The second-order valence-electron chi connectivity index (χ2n) is 8.15. The second-order valence-corrected chi connectivity index (χ2v) is 8.15. The van der Waals surface area contributed by atoms with Gasteiger partial charge < -0.3 is 25.2 Å². The fraction of sp³-hybridized carbons (Fsp3) is 0.522. The van der Waals surface area contributed by atoms with E-state index in [0.717, 1.165) is 73.2 Å². The molecule has 2 aliphatic rings. The van der Waals surface area contributed by atoms with Crippen LogP contribution in [0.5, 0.6) is 5.75 Å². The first-order chi connectivity index (χ1) is 15.1. The summed E-state index contributed by atoms with van der Waals surface area (Å²) in [5.41, 5.74) is 3.32. The van der Waals surface area contributed by atoms with E-state index >= 15 is 0 Å². The molecule has 0 aliphatic carbocycles. The van der Waals surface area contributed by atoms with Gasteiger partial charge in [-0.2, -0.15) is 0 Å². The van der Waals surface area contributed by atoms with Crippen LogP contribution in [0.2, 0.25) is 0 Å². The number of nitrogens with one attached hydrogen (secondary N) is 2. The number of likely N-dealkylation sites (tertiary alicyclic amines) is 1. The highest BCUT2D eigenvalue weighted by Crippen LogP contribution is 2.33. The van der Waals surface area contributed by atoms with Crippen LogP contribution in [0.25, 0.3) is 0 Å². The molecule has 1 aromatic carbocycles. The maximum atomic E-state index is 13.1. The minimum absolute atomic E-state index is 0.0360. The summed E-state index contributed by atoms with van der Waals surface area (Å²) in [5, 5.41) is 6.60. The molecule has 0 spiro atoms. The molecule has 1 aromatic heterocycles. The predicted molar refractivity (Wildman–Crippen MR) is 122 cm³/mol. The fourth-order valence-electron chi connectivity index (χ4n) is 4.42. The average Bonchev–Trinajstić information content (AvgIpc) is 3.31. The summed E-state index contributed by atoms with van der Waals surface area (Å²) in [6.45, 7) is 3.15. The van der Waals surface area contributed by atoms with E-state index < -0.39 is 0 Å². The van der Waals surface area contributed by atoms with Crippen LogP contribution in [0.15, 0.2) is 24.3 Å². The molecule has 1 atom stereocenters. The van der Waals surface area contributed by atoms with E-state index in [1.54, 1.807) is 7.11 Å². The van der Waals surface area contributed by atoms with Crippen LogP contribution < -0.4 is 20.3 Å². The number of amides is 1. The van der Waals surface area contributed by atoms with Crippen molar-refractivity contribution in [1.29, 1.82) is 0 Å². The third-order valence-electron chi connectivity index (χ3n) is 6.23. The number of anilines is 2. The first-order valence-electron chi connectivity index (χ1n) is 11.0. The Morgan fingerprint density at radius 2 is 2.13 bits per heavy atom. The lowest BCUT2D eigenvalue weighted by atomic mass is 10.1. The number of benzene rings is 1. The van der Waals surface area contributed by atoms with Gasteiger partial charge in [-0.05, 0) is 37.1 Å². The van der Waals surface area contributed by atoms with Crippen molar-refractivity contribution in [1.82, 2.24) is 20.2 Å². The highest BCUT2D eigenvalue weighted by atomic mass is 16.5. The molecule has 2 aromatic rings. The van der Waals surface area contributed by atoms with Crippen LogP contribution in [0.4, 0.5) is 11.5 Å². The summed E-state index contributed by atoms with van der Waals surface area (Å²) in [5.74, 6) is 2.65. The quantitative estimate of drug-likeness (QED) is 0.706. The Labute approximate surface area is 184 Å². The Kier molecular flexibility index (Phi) is 6.56. The third kappa shape index (κ3) is 4.58. The molecule has 0 radical (unpaired) electrons. The van der Waals surface area contributed by atoms with E-state index in [0.29, 0.717) is 13.0 Å². The molecule has 2 N–H and O–H groups in total. The Morgan fingerprint density at radius 1 is 1.32 bits per heavy atom. The molecule has 0 bridgehead atoms. The van der Waals surface area contributed by atoms with Gasteiger partial charge in [0, 0.05) is 64.4 Å². The predicted octanol–water partition coefficient (Wildman–Crippen LogP) is 2.36. The monoisotopic (exact) mass is 424 g/mol. The summed E-state index contributed by atoms with van der Waals surface area (Å²) in [6.07, 6.45) is 3.27. The van der Waals surface area contributed by atoms with Gasteiger partial charge in [0.15, 0.2) is 5.82 Å². The molecule has 8 nitrogen and oxygen atoms in total. The van der Waals surface area contributed by atoms with Crippen molar-refractivity contribution in [3.8, 4) is 5.75 Å². The van der Waals surface area contributed by atoms with Gasteiger partial charge in [0.1, 0.15) is 11.6 Å². The molecule has 1 saturated heterocycles. The van der Waals surface area contributed by atoms with Crippen molar-refractivity contribution in [2.75, 3.05) is 51.1 Å². The van der Waals surface area contributed by atoms with Crippen LogP contribution in [0.1, 0.15) is 42.4 Å². The summed E-state index contributed by atoms with van der Waals surface area (Å²) >= 11 is 0. The van der Waals surface area contributed by atoms with Gasteiger partial charge in [-0.3, -0.25) is 4.79 Å². The van der Waals surface area contributed by atoms with E-state index in [2.05, 4.69) is 15.5 Å². The molecule has 2 aliphatic heterocycles. The number of aromatic nitrogens is 2. The molecule has 3 heterocycles. The fourth-order valence-corrected chi connectivity index (χ4v) is 4.42. The molecular weight excluding hydrogens is 392 g/mol. The zero-order valence-electron chi connectivity index (χ0n) is 18.6. The smallest absolute Gasteiger partial charge is 0.224 e. The molecule has 31 heavy (non-hydrogen) atoms. The molecule has 1 amide bonds. The van der Waals surface area contributed by atoms with Gasteiger partial charge in [0.05, 0.1) is 18.8 Å². The number of nitrogens with zero attached hydrogens (tertiary/aromatic N) is 4. The van der Waals surface area contributed by atoms with Crippen molar-refractivity contribution in [2.45, 2.75) is 38.3 Å². The standard InChI is InChI=1S/C23H32N6O2/c1-24-22-18-15-25-12-10-19(18)26-23(27-22)20-5-4-13-29(20)21(30)11-14-28(2)16-6-8-17(31-3)9-7-16/h6-9,20,25H,4-5,10-15H2,1-3H3,(H,24,26,27). The highest BCUT2D eigenvalue weighted by molar-refractivity contribution is 5.77. The molecule has 1 fully saturated rings. The first kappa shape index (κ1) is 21.4. The van der Waals surface area contributed by atoms with E-state index in [9.17, 15) is 4.79 Å². The van der Waals surface area contributed by atoms with Gasteiger partial charge >= 0.3 is 0 Å². The Balaban J connectivity index is 1.43. The van der Waals surface area contributed by atoms with Crippen LogP contribution in [-0.4, -0.2) is 61.6 Å². The highest BCUT2D eigenvalue weighted by Gasteiger charge is 2.33. The summed E-state index contributed by atoms with van der Waals surface area (Å²) in [4.78, 5) is 26.9. The number of carbonyl (C=O) groups excluding carboxylic acids is 1. The van der Waals surface area contributed by atoms with E-state index in [1.807, 2.05) is 43.3 Å². The number of rotatable bonds is 7. The molecule has 166 valence electrons. The maximum Gasteiger partial charge on any atom is 0.224 e. The Bertz CT molecular complexity index is 900. The molecule has 8 heteroatoms. The van der Waals surface area contributed by atoms with Crippen molar-refractivity contribution in [3.63, 3.8) is 0 Å². The topological polar surface area (TPSA) is 82.6 Å². The number of hydrogen-bond donors (Lipinski definition) is 2. The summed E-state index contributed by atoms with van der Waals surface area (Å²) in [6, 6.07) is 7.86. The first-order valence-corrected chi connectivity index (χ1v) is 11.0. The average molecular weight is 425 g/mol. The summed E-state index contributed by atoms with van der Waals surface area (Å²) in [7, 11) is 5.57. The lowest BCUT2D eigenvalue weighted by Gasteiger charge is -2.27. The van der Waals surface area contributed by atoms with Gasteiger partial charge in [0.2, 0.25) is 5.91 Å². The number of carbonyl (C=O) groups is 1. The zero-order chi connectivity index (χ0) is 21.8. The van der Waals surface area contributed by atoms with Gasteiger partial charge in [-0.15, -0.1) is 0 Å². The van der Waals surface area contributed by atoms with Crippen LogP contribution in [0.3, 0.4) is 0 Å². The minimum atomic E-state index is -0.0360. The zero-order valence-corrected chi connectivity index (χ0v) is 18.6. The largest absolute Gasteiger partial charge is 0.497 e. The van der Waals surface area contributed by atoms with Crippen molar-refractivity contribution >= 4 is 17.4 Å². The number of fused-ring (bicyclic) bond motifs is 1. The maximum absolute atomic E-state index is 13.1. The SMILES string of the molecule is CNc1nc(C2CCCN2C(=O)CCN(C)c2ccc(OC)cc2)nc2c1CNCC2. The van der Waals surface area contributed by atoms with E-state index in [1.165, 1.54) is 0 Å². The Morgan fingerprint density at radius 3 is 2.87 bits per heavy atom. The molecular formula is C23H32N6O2. The van der Waals surface area contributed by atoms with Gasteiger partial charge in [-0.25, -0.2) is 9.97 Å². The minimum Gasteiger partial charge on any atom is -0.497 e. The van der Waals surface area contributed by atoms with Crippen LogP contribution in [0, 0.1) is 0 Å². The summed E-state index contributed by atoms with van der Waals surface area (Å²) < 4.78 is 5.22. The van der Waals surface area contributed by atoms with E-state index in [4.69, 9.17) is 14.7 Å². The second kappa shape index (κ2) is 9.51. The van der Waals surface area contributed by atoms with Crippen molar-refractivity contribution < 1.29 is 9.53 Å². The lowest BCUT2D eigenvalue weighted by molar-refractivity contribution is -0.132. The number of methoxy groups -OCH3 is 1. The van der Waals surface area contributed by atoms with Gasteiger partial charge in [-0.1, -0.05) is 0 Å². The normalized spacial score (nSPS) is 17.9. The third-order valence-corrected chi connectivity index (χ3v) is 6.23. The Hall–Kier alpha value is -2.87. The van der Waals surface area contributed by atoms with Crippen LogP contribution >= 0.6 is 0 Å². The van der Waals surface area contributed by atoms with Gasteiger partial charge in [0.25, 0.3) is 0 Å². The van der Waals surface area contributed by atoms with Crippen molar-refractivity contribution in [2.24, 2.45) is 0 Å². The molecule has 0 saturated carbocycles. The van der Waals surface area contributed by atoms with Crippen LogP contribution in [-0.2, 0) is 17.8 Å². The number of hydrogen-bond acceptors (Lipinski definition) is 7. The molecule has 1 unspecified atom stereocenters. The number of ether oxygens (including phenoxy) is 1. The van der Waals surface area contributed by atoms with Crippen molar-refractivity contribution in [3.05, 3.63) is 41.3 Å².